The molecule has 1 N–H and O–H groups in total. The molecule has 0 radical (unpaired) electrons. The third kappa shape index (κ3) is 2.75. The average Bonchev–Trinajstić information content (AvgIpc) is 2.61. The number of ether oxygens (including phenoxy) is 2. The first-order chi connectivity index (χ1) is 9.19. The maximum Gasteiger partial charge on any atom is 0.414 e. The largest absolute Gasteiger partial charge is 0.443 e. The van der Waals surface area contributed by atoms with Gasteiger partial charge in [0.05, 0.1) is 5.56 Å². The van der Waals surface area contributed by atoms with Crippen molar-refractivity contribution in [1.82, 2.24) is 0 Å². The van der Waals surface area contributed by atoms with Crippen molar-refractivity contribution < 1.29 is 24.2 Å². The molecular formula is C14H17NO5. The first kappa shape index (κ1) is 14.3. The number of cyclic esters (lactones) is 1. The number of amides is 1. The summed E-state index contributed by atoms with van der Waals surface area (Å²) in [6.45, 7) is 5.32. The molecule has 0 saturated carbocycles. The normalized spacial score (nSPS) is 17.4. The van der Waals surface area contributed by atoms with Crippen LogP contribution in [-0.2, 0) is 9.47 Å². The van der Waals surface area contributed by atoms with Gasteiger partial charge < -0.3 is 14.6 Å². The highest BCUT2D eigenvalue weighted by Gasteiger charge is 2.30. The van der Waals surface area contributed by atoms with Gasteiger partial charge in [-0.05, 0) is 39.0 Å². The summed E-state index contributed by atoms with van der Waals surface area (Å²) in [4.78, 5) is 24.8. The van der Waals surface area contributed by atoms with E-state index < -0.39 is 24.0 Å². The van der Waals surface area contributed by atoms with Gasteiger partial charge in [-0.2, -0.15) is 0 Å². The van der Waals surface area contributed by atoms with Gasteiger partial charge in [-0.1, -0.05) is 0 Å². The summed E-state index contributed by atoms with van der Waals surface area (Å²) in [6, 6.07) is 4.67. The fourth-order valence-corrected chi connectivity index (χ4v) is 1.81. The van der Waals surface area contributed by atoms with Crippen molar-refractivity contribution in [3.8, 4) is 0 Å². The molecule has 108 valence electrons. The number of aliphatic hydroxyl groups is 1. The number of anilines is 1. The van der Waals surface area contributed by atoms with Crippen LogP contribution in [0.2, 0.25) is 0 Å². The summed E-state index contributed by atoms with van der Waals surface area (Å²) in [5.41, 5.74) is 0.544. The van der Waals surface area contributed by atoms with Crippen molar-refractivity contribution in [3.05, 3.63) is 29.3 Å². The molecule has 0 bridgehead atoms. The lowest BCUT2D eigenvalue weighted by atomic mass is 10.1. The van der Waals surface area contributed by atoms with Gasteiger partial charge in [0.25, 0.3) is 0 Å². The fourth-order valence-electron chi connectivity index (χ4n) is 1.81. The monoisotopic (exact) mass is 279 g/mol. The quantitative estimate of drug-likeness (QED) is 0.798. The van der Waals surface area contributed by atoms with E-state index in [1.165, 1.54) is 11.0 Å². The predicted molar refractivity (Wildman–Crippen MR) is 71.5 cm³/mol. The number of hydrogen-bond donors (Lipinski definition) is 1. The van der Waals surface area contributed by atoms with E-state index in [-0.39, 0.29) is 5.56 Å². The van der Waals surface area contributed by atoms with Crippen LogP contribution in [0.25, 0.3) is 0 Å². The zero-order valence-electron chi connectivity index (χ0n) is 11.8. The van der Waals surface area contributed by atoms with Crippen molar-refractivity contribution in [1.29, 1.82) is 0 Å². The first-order valence-electron chi connectivity index (χ1n) is 6.19. The van der Waals surface area contributed by atoms with Crippen molar-refractivity contribution in [2.24, 2.45) is 0 Å². The molecule has 0 saturated heterocycles. The van der Waals surface area contributed by atoms with Gasteiger partial charge in [-0.15, -0.1) is 0 Å². The van der Waals surface area contributed by atoms with E-state index in [9.17, 15) is 14.7 Å². The van der Waals surface area contributed by atoms with E-state index >= 15 is 0 Å². The summed E-state index contributed by atoms with van der Waals surface area (Å²) < 4.78 is 9.93. The topological polar surface area (TPSA) is 76.1 Å². The third-order valence-corrected chi connectivity index (χ3v) is 2.80. The van der Waals surface area contributed by atoms with E-state index in [4.69, 9.17) is 4.74 Å². The Morgan fingerprint density at radius 3 is 2.65 bits per heavy atom. The highest BCUT2D eigenvalue weighted by molar-refractivity contribution is 5.96. The lowest BCUT2D eigenvalue weighted by Crippen LogP contribution is -2.34. The number of rotatable bonds is 1. The molecule has 1 heterocycles. The average molecular weight is 279 g/mol. The highest BCUT2D eigenvalue weighted by Crippen LogP contribution is 2.31. The molecule has 20 heavy (non-hydrogen) atoms. The standard InChI is InChI=1S/C14H17NO5/c1-14(2,3)20-13(18)15(4)8-5-6-9-10(7-8)12(17)19-11(9)16/h5-7,11,16H,1-4H3. The number of hydrogen-bond acceptors (Lipinski definition) is 5. The van der Waals surface area contributed by atoms with Gasteiger partial charge >= 0.3 is 12.1 Å². The van der Waals surface area contributed by atoms with Crippen molar-refractivity contribution in [2.45, 2.75) is 32.7 Å². The van der Waals surface area contributed by atoms with Gasteiger partial charge in [0.1, 0.15) is 5.60 Å². The molecule has 1 atom stereocenters. The summed E-state index contributed by atoms with van der Waals surface area (Å²) >= 11 is 0. The molecule has 0 fully saturated rings. The summed E-state index contributed by atoms with van der Waals surface area (Å²) in [5, 5.41) is 9.49. The van der Waals surface area contributed by atoms with E-state index in [1.807, 2.05) is 0 Å². The van der Waals surface area contributed by atoms with Gasteiger partial charge in [-0.3, -0.25) is 4.90 Å². The molecule has 0 aromatic heterocycles. The fraction of sp³-hybridized carbons (Fsp3) is 0.429. The predicted octanol–water partition coefficient (Wildman–Crippen LogP) is 2.22. The Kier molecular flexibility index (Phi) is 3.43. The molecule has 6 heteroatoms. The van der Waals surface area contributed by atoms with E-state index in [1.54, 1.807) is 40.0 Å². The SMILES string of the molecule is CN(C(=O)OC(C)(C)C)c1ccc2c(c1)C(=O)OC2O. The molecular weight excluding hydrogens is 262 g/mol. The maximum absolute atomic E-state index is 11.9. The van der Waals surface area contributed by atoms with Gasteiger partial charge in [0.15, 0.2) is 0 Å². The van der Waals surface area contributed by atoms with Crippen LogP contribution < -0.4 is 4.90 Å². The molecule has 1 aromatic rings. The molecule has 1 aliphatic heterocycles. The number of esters is 1. The Morgan fingerprint density at radius 2 is 2.05 bits per heavy atom. The summed E-state index contributed by atoms with van der Waals surface area (Å²) in [5.74, 6) is -0.605. The van der Waals surface area contributed by atoms with E-state index in [2.05, 4.69) is 4.74 Å². The van der Waals surface area contributed by atoms with Crippen LogP contribution in [0.1, 0.15) is 43.0 Å². The van der Waals surface area contributed by atoms with Crippen LogP contribution in [0, 0.1) is 0 Å². The van der Waals surface area contributed by atoms with Gasteiger partial charge in [0.2, 0.25) is 6.29 Å². The number of aliphatic hydroxyl groups excluding tert-OH is 1. The maximum atomic E-state index is 11.9. The van der Waals surface area contributed by atoms with Crippen molar-refractivity contribution in [2.75, 3.05) is 11.9 Å². The van der Waals surface area contributed by atoms with Crippen LogP contribution in [0.3, 0.4) is 0 Å². The molecule has 1 amide bonds. The second-order valence-electron chi connectivity index (χ2n) is 5.57. The summed E-state index contributed by atoms with van der Waals surface area (Å²) in [6.07, 6.45) is -1.76. The Hall–Kier alpha value is -2.08. The number of carbonyl (C=O) groups excluding carboxylic acids is 2. The third-order valence-electron chi connectivity index (χ3n) is 2.80. The number of fused-ring (bicyclic) bond motifs is 1. The highest BCUT2D eigenvalue weighted by atomic mass is 16.6. The van der Waals surface area contributed by atoms with Crippen molar-refractivity contribution in [3.63, 3.8) is 0 Å². The van der Waals surface area contributed by atoms with Crippen LogP contribution in [0.5, 0.6) is 0 Å². The van der Waals surface area contributed by atoms with E-state index in [0.717, 1.165) is 0 Å². The first-order valence-corrected chi connectivity index (χ1v) is 6.19. The van der Waals surface area contributed by atoms with Crippen LogP contribution in [0.15, 0.2) is 18.2 Å². The molecule has 6 nitrogen and oxygen atoms in total. The second-order valence-corrected chi connectivity index (χ2v) is 5.57. The minimum atomic E-state index is -1.24. The number of nitrogens with zero attached hydrogens (tertiary/aromatic N) is 1. The zero-order chi connectivity index (χ0) is 15.1. The summed E-state index contributed by atoms with van der Waals surface area (Å²) in [7, 11) is 1.55. The molecule has 2 rings (SSSR count). The molecule has 0 spiro atoms. The van der Waals surface area contributed by atoms with E-state index in [0.29, 0.717) is 11.3 Å². The second kappa shape index (κ2) is 4.79. The Morgan fingerprint density at radius 1 is 1.40 bits per heavy atom. The molecule has 1 aliphatic rings. The number of carbonyl (C=O) groups is 2. The molecule has 0 aliphatic carbocycles. The minimum Gasteiger partial charge on any atom is -0.443 e. The van der Waals surface area contributed by atoms with Gasteiger partial charge in [0, 0.05) is 18.3 Å². The Balaban J connectivity index is 2.24. The minimum absolute atomic E-state index is 0.255. The molecule has 1 aromatic carbocycles. The Labute approximate surface area is 116 Å². The van der Waals surface area contributed by atoms with Crippen molar-refractivity contribution >= 4 is 17.7 Å². The number of benzene rings is 1. The van der Waals surface area contributed by atoms with Gasteiger partial charge in [-0.25, -0.2) is 9.59 Å². The lowest BCUT2D eigenvalue weighted by Gasteiger charge is -2.24. The van der Waals surface area contributed by atoms with Crippen LogP contribution in [0.4, 0.5) is 10.5 Å². The van der Waals surface area contributed by atoms with Crippen LogP contribution >= 0.6 is 0 Å². The zero-order valence-corrected chi connectivity index (χ0v) is 11.8. The molecule has 1 unspecified atom stereocenters. The smallest absolute Gasteiger partial charge is 0.414 e. The Bertz CT molecular complexity index is 561. The lowest BCUT2D eigenvalue weighted by molar-refractivity contribution is -0.0547. The van der Waals surface area contributed by atoms with Crippen LogP contribution in [-0.4, -0.2) is 29.8 Å².